The number of nitriles is 1. The second kappa shape index (κ2) is 7.27. The van der Waals surface area contributed by atoms with Gasteiger partial charge in [-0.3, -0.25) is 4.79 Å². The first kappa shape index (κ1) is 17.2. The number of ether oxygens (including phenoxy) is 1. The number of nitrogens with zero attached hydrogens (tertiary/aromatic N) is 1. The molecule has 0 aliphatic heterocycles. The average molecular weight is 301 g/mol. The molecule has 2 N–H and O–H groups in total. The van der Waals surface area contributed by atoms with E-state index in [2.05, 4.69) is 15.4 Å². The van der Waals surface area contributed by atoms with E-state index >= 15 is 0 Å². The van der Waals surface area contributed by atoms with E-state index in [1.807, 2.05) is 26.8 Å². The Hall–Kier alpha value is -2.81. The summed E-state index contributed by atoms with van der Waals surface area (Å²) in [7, 11) is 1.31. The lowest BCUT2D eigenvalue weighted by atomic mass is 10.1. The van der Waals surface area contributed by atoms with Crippen molar-refractivity contribution in [2.24, 2.45) is 0 Å². The summed E-state index contributed by atoms with van der Waals surface area (Å²) in [4.78, 5) is 23.2. The van der Waals surface area contributed by atoms with Crippen molar-refractivity contribution in [3.05, 3.63) is 41.6 Å². The first-order valence-electron chi connectivity index (χ1n) is 6.64. The minimum atomic E-state index is -0.450. The molecule has 0 aliphatic carbocycles. The molecular formula is C16H19N3O3. The third kappa shape index (κ3) is 5.29. The quantitative estimate of drug-likeness (QED) is 0.505. The van der Waals surface area contributed by atoms with Crippen molar-refractivity contribution in [2.75, 3.05) is 12.4 Å². The second-order valence-electron chi connectivity index (χ2n) is 5.59. The van der Waals surface area contributed by atoms with Crippen LogP contribution in [-0.4, -0.2) is 24.5 Å². The molecule has 0 bridgehead atoms. The highest BCUT2D eigenvalue weighted by Crippen LogP contribution is 2.11. The average Bonchev–Trinajstić information content (AvgIpc) is 2.46. The van der Waals surface area contributed by atoms with Gasteiger partial charge in [-0.1, -0.05) is 0 Å². The molecule has 0 aromatic heterocycles. The van der Waals surface area contributed by atoms with Gasteiger partial charge in [0, 0.05) is 17.4 Å². The fraction of sp³-hybridized carbons (Fsp3) is 0.312. The van der Waals surface area contributed by atoms with Crippen molar-refractivity contribution in [3.8, 4) is 6.07 Å². The minimum Gasteiger partial charge on any atom is -0.465 e. The Kier molecular flexibility index (Phi) is 5.70. The molecule has 6 heteroatoms. The van der Waals surface area contributed by atoms with Gasteiger partial charge in [-0.25, -0.2) is 4.79 Å². The molecule has 0 unspecified atom stereocenters. The summed E-state index contributed by atoms with van der Waals surface area (Å²) in [6, 6.07) is 8.32. The predicted octanol–water partition coefficient (Wildman–Crippen LogP) is 2.21. The molecule has 0 aliphatic rings. The largest absolute Gasteiger partial charge is 0.465 e. The Morgan fingerprint density at radius 1 is 1.23 bits per heavy atom. The Balaban J connectivity index is 2.79. The van der Waals surface area contributed by atoms with Gasteiger partial charge >= 0.3 is 5.97 Å². The topological polar surface area (TPSA) is 91.2 Å². The number of amides is 1. The highest BCUT2D eigenvalue weighted by Gasteiger charge is 2.17. The van der Waals surface area contributed by atoms with E-state index in [1.165, 1.54) is 13.3 Å². The molecule has 0 heterocycles. The van der Waals surface area contributed by atoms with Crippen LogP contribution >= 0.6 is 0 Å². The van der Waals surface area contributed by atoms with Crippen molar-refractivity contribution >= 4 is 17.6 Å². The van der Waals surface area contributed by atoms with E-state index in [4.69, 9.17) is 5.26 Å². The molecule has 22 heavy (non-hydrogen) atoms. The van der Waals surface area contributed by atoms with Gasteiger partial charge in [0.2, 0.25) is 0 Å². The summed E-state index contributed by atoms with van der Waals surface area (Å²) in [5, 5.41) is 14.6. The fourth-order valence-corrected chi connectivity index (χ4v) is 1.53. The number of hydrogen-bond acceptors (Lipinski definition) is 5. The Bertz CT molecular complexity index is 620. The fourth-order valence-electron chi connectivity index (χ4n) is 1.53. The molecule has 1 aromatic carbocycles. The van der Waals surface area contributed by atoms with Crippen molar-refractivity contribution in [1.82, 2.24) is 5.32 Å². The van der Waals surface area contributed by atoms with Gasteiger partial charge in [-0.2, -0.15) is 5.26 Å². The predicted molar refractivity (Wildman–Crippen MR) is 83.0 cm³/mol. The van der Waals surface area contributed by atoms with Gasteiger partial charge in [-0.05, 0) is 45.0 Å². The number of nitrogens with one attached hydrogen (secondary N) is 2. The van der Waals surface area contributed by atoms with Crippen LogP contribution in [0.2, 0.25) is 0 Å². The standard InChI is InChI=1S/C16H19N3O3/c1-16(2,3)19-14(20)12(9-17)10-18-13-7-5-11(6-8-13)15(21)22-4/h5-8,10,18H,1-4H3,(H,19,20)/b12-10-. The van der Waals surface area contributed by atoms with Gasteiger partial charge in [0.1, 0.15) is 11.6 Å². The van der Waals surface area contributed by atoms with Crippen LogP contribution in [0.3, 0.4) is 0 Å². The van der Waals surface area contributed by atoms with Crippen molar-refractivity contribution < 1.29 is 14.3 Å². The van der Waals surface area contributed by atoms with Crippen LogP contribution in [0.1, 0.15) is 31.1 Å². The van der Waals surface area contributed by atoms with Crippen LogP contribution in [0.4, 0.5) is 5.69 Å². The van der Waals surface area contributed by atoms with Gasteiger partial charge < -0.3 is 15.4 Å². The number of hydrogen-bond donors (Lipinski definition) is 2. The number of carbonyl (C=O) groups excluding carboxylic acids is 2. The zero-order valence-corrected chi connectivity index (χ0v) is 13.1. The normalized spacial score (nSPS) is 11.3. The molecule has 0 atom stereocenters. The Labute approximate surface area is 129 Å². The lowest BCUT2D eigenvalue weighted by molar-refractivity contribution is -0.118. The van der Waals surface area contributed by atoms with Crippen LogP contribution in [-0.2, 0) is 9.53 Å². The molecular weight excluding hydrogens is 282 g/mol. The molecule has 0 radical (unpaired) electrons. The Morgan fingerprint density at radius 2 is 1.82 bits per heavy atom. The van der Waals surface area contributed by atoms with Crippen LogP contribution in [0, 0.1) is 11.3 Å². The third-order valence-electron chi connectivity index (χ3n) is 2.54. The summed E-state index contributed by atoms with van der Waals surface area (Å²) >= 11 is 0. The molecule has 1 rings (SSSR count). The maximum Gasteiger partial charge on any atom is 0.337 e. The molecule has 116 valence electrons. The minimum absolute atomic E-state index is 0.0352. The first-order valence-corrected chi connectivity index (χ1v) is 6.64. The van der Waals surface area contributed by atoms with Gasteiger partial charge in [-0.15, -0.1) is 0 Å². The van der Waals surface area contributed by atoms with E-state index < -0.39 is 17.4 Å². The summed E-state index contributed by atoms with van der Waals surface area (Å²) in [5.41, 5.74) is 0.605. The number of methoxy groups -OCH3 is 1. The zero-order chi connectivity index (χ0) is 16.8. The molecule has 0 spiro atoms. The zero-order valence-electron chi connectivity index (χ0n) is 13.1. The molecule has 6 nitrogen and oxygen atoms in total. The van der Waals surface area contributed by atoms with E-state index in [1.54, 1.807) is 24.3 Å². The van der Waals surface area contributed by atoms with E-state index in [0.717, 1.165) is 0 Å². The maximum atomic E-state index is 11.9. The second-order valence-corrected chi connectivity index (χ2v) is 5.59. The van der Waals surface area contributed by atoms with Gasteiger partial charge in [0.05, 0.1) is 12.7 Å². The van der Waals surface area contributed by atoms with Gasteiger partial charge in [0.25, 0.3) is 5.91 Å². The lowest BCUT2D eigenvalue weighted by Gasteiger charge is -2.20. The van der Waals surface area contributed by atoms with Crippen LogP contribution < -0.4 is 10.6 Å². The SMILES string of the molecule is COC(=O)c1ccc(N/C=C(/C#N)C(=O)NC(C)(C)C)cc1. The van der Waals surface area contributed by atoms with Crippen LogP contribution in [0.5, 0.6) is 0 Å². The van der Waals surface area contributed by atoms with E-state index in [9.17, 15) is 9.59 Å². The molecule has 1 amide bonds. The Morgan fingerprint density at radius 3 is 2.27 bits per heavy atom. The van der Waals surface area contributed by atoms with Gasteiger partial charge in [0.15, 0.2) is 0 Å². The molecule has 0 saturated carbocycles. The van der Waals surface area contributed by atoms with Crippen molar-refractivity contribution in [2.45, 2.75) is 26.3 Å². The summed E-state index contributed by atoms with van der Waals surface area (Å²) in [6.07, 6.45) is 1.33. The number of anilines is 1. The summed E-state index contributed by atoms with van der Waals surface area (Å²) < 4.78 is 4.60. The number of rotatable bonds is 4. The lowest BCUT2D eigenvalue weighted by Crippen LogP contribution is -2.41. The van der Waals surface area contributed by atoms with Crippen molar-refractivity contribution in [3.63, 3.8) is 0 Å². The highest BCUT2D eigenvalue weighted by atomic mass is 16.5. The van der Waals surface area contributed by atoms with Crippen molar-refractivity contribution in [1.29, 1.82) is 5.26 Å². The smallest absolute Gasteiger partial charge is 0.337 e. The first-order chi connectivity index (χ1) is 10.3. The van der Waals surface area contributed by atoms with Crippen LogP contribution in [0.25, 0.3) is 0 Å². The van der Waals surface area contributed by atoms with E-state index in [0.29, 0.717) is 11.3 Å². The number of benzene rings is 1. The molecule has 0 saturated heterocycles. The molecule has 0 fully saturated rings. The van der Waals surface area contributed by atoms with E-state index in [-0.39, 0.29) is 5.57 Å². The monoisotopic (exact) mass is 301 g/mol. The summed E-state index contributed by atoms with van der Waals surface area (Å²) in [6.45, 7) is 5.50. The number of esters is 1. The number of carbonyl (C=O) groups is 2. The maximum absolute atomic E-state index is 11.9. The molecule has 1 aromatic rings. The summed E-state index contributed by atoms with van der Waals surface area (Å²) in [5.74, 6) is -0.877. The third-order valence-corrected chi connectivity index (χ3v) is 2.54. The van der Waals surface area contributed by atoms with Crippen LogP contribution in [0.15, 0.2) is 36.0 Å². The highest BCUT2D eigenvalue weighted by molar-refractivity contribution is 5.98.